The maximum atomic E-state index is 4.41. The third-order valence-electron chi connectivity index (χ3n) is 2.69. The lowest BCUT2D eigenvalue weighted by Crippen LogP contribution is -2.13. The highest BCUT2D eigenvalue weighted by molar-refractivity contribution is 5.59. The molecule has 0 fully saturated rings. The van der Waals surface area contributed by atoms with Gasteiger partial charge in [0.05, 0.1) is 5.69 Å². The Kier molecular flexibility index (Phi) is 3.94. The molecule has 0 aliphatic carbocycles. The normalized spacial score (nSPS) is 10.7. The molecule has 0 unspecified atom stereocenters. The molecule has 2 rings (SSSR count). The molecule has 90 valence electrons. The van der Waals surface area contributed by atoms with Gasteiger partial charge in [-0.3, -0.25) is 4.68 Å². The zero-order chi connectivity index (χ0) is 12.1. The minimum absolute atomic E-state index is 0.925. The van der Waals surface area contributed by atoms with E-state index in [4.69, 9.17) is 0 Å². The van der Waals surface area contributed by atoms with Gasteiger partial charge in [0, 0.05) is 25.4 Å². The Balaban J connectivity index is 2.11. The number of rotatable bonds is 5. The Morgan fingerprint density at radius 1 is 1.29 bits per heavy atom. The van der Waals surface area contributed by atoms with E-state index in [9.17, 15) is 0 Å². The molecule has 3 nitrogen and oxygen atoms in total. The minimum Gasteiger partial charge on any atom is -0.313 e. The van der Waals surface area contributed by atoms with Gasteiger partial charge in [-0.1, -0.05) is 25.1 Å². The van der Waals surface area contributed by atoms with E-state index < -0.39 is 0 Å². The first-order valence-corrected chi connectivity index (χ1v) is 6.09. The zero-order valence-electron chi connectivity index (χ0n) is 10.5. The van der Waals surface area contributed by atoms with Crippen molar-refractivity contribution in [2.24, 2.45) is 7.05 Å². The van der Waals surface area contributed by atoms with Crippen LogP contribution in [0.3, 0.4) is 0 Å². The Hall–Kier alpha value is -1.61. The van der Waals surface area contributed by atoms with E-state index in [2.05, 4.69) is 41.6 Å². The lowest BCUT2D eigenvalue weighted by molar-refractivity contribution is 0.675. The second-order valence-corrected chi connectivity index (χ2v) is 4.25. The number of aryl methyl sites for hydroxylation is 1. The van der Waals surface area contributed by atoms with Crippen LogP contribution in [-0.4, -0.2) is 16.3 Å². The van der Waals surface area contributed by atoms with Gasteiger partial charge in [0.2, 0.25) is 0 Å². The molecule has 0 bridgehead atoms. The van der Waals surface area contributed by atoms with Gasteiger partial charge in [0.1, 0.15) is 0 Å². The van der Waals surface area contributed by atoms with Crippen molar-refractivity contribution in [2.75, 3.05) is 6.54 Å². The van der Waals surface area contributed by atoms with Crippen LogP contribution in [0.5, 0.6) is 0 Å². The van der Waals surface area contributed by atoms with E-state index in [0.717, 1.165) is 18.8 Å². The fourth-order valence-electron chi connectivity index (χ4n) is 1.82. The summed E-state index contributed by atoms with van der Waals surface area (Å²) in [5.74, 6) is 0. The van der Waals surface area contributed by atoms with Crippen LogP contribution < -0.4 is 5.32 Å². The SMILES string of the molecule is CCCNCc1cccc(-c2ccn(C)n2)c1. The van der Waals surface area contributed by atoms with Crippen LogP contribution in [0.15, 0.2) is 36.5 Å². The molecule has 1 N–H and O–H groups in total. The quantitative estimate of drug-likeness (QED) is 0.799. The maximum Gasteiger partial charge on any atom is 0.0923 e. The van der Waals surface area contributed by atoms with E-state index >= 15 is 0 Å². The van der Waals surface area contributed by atoms with Gasteiger partial charge in [-0.15, -0.1) is 0 Å². The van der Waals surface area contributed by atoms with Crippen LogP contribution in [0.25, 0.3) is 11.3 Å². The average Bonchev–Trinajstić information content (AvgIpc) is 2.77. The molecule has 0 saturated carbocycles. The molecule has 0 radical (unpaired) electrons. The van der Waals surface area contributed by atoms with Crippen molar-refractivity contribution in [1.82, 2.24) is 15.1 Å². The van der Waals surface area contributed by atoms with Gasteiger partial charge >= 0.3 is 0 Å². The number of nitrogens with zero attached hydrogens (tertiary/aromatic N) is 2. The molecule has 0 amide bonds. The number of aromatic nitrogens is 2. The lowest BCUT2D eigenvalue weighted by atomic mass is 10.1. The molecule has 1 aromatic carbocycles. The second-order valence-electron chi connectivity index (χ2n) is 4.25. The maximum absolute atomic E-state index is 4.41. The molecule has 0 aliphatic heterocycles. The first-order valence-electron chi connectivity index (χ1n) is 6.09. The highest BCUT2D eigenvalue weighted by atomic mass is 15.2. The number of nitrogens with one attached hydrogen (secondary N) is 1. The molecule has 1 aromatic heterocycles. The van der Waals surface area contributed by atoms with E-state index in [0.29, 0.717) is 0 Å². The number of hydrogen-bond acceptors (Lipinski definition) is 2. The smallest absolute Gasteiger partial charge is 0.0923 e. The second kappa shape index (κ2) is 5.64. The van der Waals surface area contributed by atoms with Gasteiger partial charge in [0.15, 0.2) is 0 Å². The molecule has 1 heterocycles. The number of hydrogen-bond donors (Lipinski definition) is 1. The number of benzene rings is 1. The van der Waals surface area contributed by atoms with Gasteiger partial charge in [0.25, 0.3) is 0 Å². The summed E-state index contributed by atoms with van der Waals surface area (Å²) < 4.78 is 1.83. The summed E-state index contributed by atoms with van der Waals surface area (Å²) in [6.45, 7) is 4.17. The first kappa shape index (κ1) is 11.9. The standard InChI is InChI=1S/C14H19N3/c1-3-8-15-11-12-5-4-6-13(10-12)14-7-9-17(2)16-14/h4-7,9-10,15H,3,8,11H2,1-2H3. The fourth-order valence-corrected chi connectivity index (χ4v) is 1.82. The molecule has 17 heavy (non-hydrogen) atoms. The van der Waals surface area contributed by atoms with Gasteiger partial charge in [-0.25, -0.2) is 0 Å². The Labute approximate surface area is 102 Å². The van der Waals surface area contributed by atoms with Crippen molar-refractivity contribution in [3.63, 3.8) is 0 Å². The average molecular weight is 229 g/mol. The Morgan fingerprint density at radius 2 is 2.18 bits per heavy atom. The van der Waals surface area contributed by atoms with Crippen molar-refractivity contribution in [1.29, 1.82) is 0 Å². The predicted octanol–water partition coefficient (Wildman–Crippen LogP) is 2.59. The molecule has 0 atom stereocenters. The van der Waals surface area contributed by atoms with Gasteiger partial charge in [-0.2, -0.15) is 5.10 Å². The highest BCUT2D eigenvalue weighted by Gasteiger charge is 2.01. The molecular formula is C14H19N3. The van der Waals surface area contributed by atoms with Crippen LogP contribution in [0, 0.1) is 0 Å². The van der Waals surface area contributed by atoms with E-state index in [1.807, 2.05) is 24.0 Å². The first-order chi connectivity index (χ1) is 8.29. The van der Waals surface area contributed by atoms with E-state index in [1.54, 1.807) is 0 Å². The van der Waals surface area contributed by atoms with Crippen molar-refractivity contribution in [2.45, 2.75) is 19.9 Å². The summed E-state index contributed by atoms with van der Waals surface area (Å²) in [6, 6.07) is 10.6. The molecule has 0 spiro atoms. The third-order valence-corrected chi connectivity index (χ3v) is 2.69. The van der Waals surface area contributed by atoms with Crippen LogP contribution in [-0.2, 0) is 13.6 Å². The summed E-state index contributed by atoms with van der Waals surface area (Å²) in [5, 5.41) is 7.82. The Morgan fingerprint density at radius 3 is 2.88 bits per heavy atom. The zero-order valence-corrected chi connectivity index (χ0v) is 10.5. The molecule has 2 aromatic rings. The monoisotopic (exact) mass is 229 g/mol. The summed E-state index contributed by atoms with van der Waals surface area (Å²) in [4.78, 5) is 0. The lowest BCUT2D eigenvalue weighted by Gasteiger charge is -2.05. The minimum atomic E-state index is 0.925. The summed E-state index contributed by atoms with van der Waals surface area (Å²) in [5.41, 5.74) is 3.52. The molecular weight excluding hydrogens is 210 g/mol. The van der Waals surface area contributed by atoms with Gasteiger partial charge < -0.3 is 5.32 Å². The van der Waals surface area contributed by atoms with Crippen LogP contribution in [0.1, 0.15) is 18.9 Å². The van der Waals surface area contributed by atoms with Crippen LogP contribution in [0.4, 0.5) is 0 Å². The largest absolute Gasteiger partial charge is 0.313 e. The van der Waals surface area contributed by atoms with Crippen molar-refractivity contribution in [3.05, 3.63) is 42.1 Å². The van der Waals surface area contributed by atoms with Crippen LogP contribution in [0.2, 0.25) is 0 Å². The molecule has 0 aliphatic rings. The predicted molar refractivity (Wildman–Crippen MR) is 70.6 cm³/mol. The fraction of sp³-hybridized carbons (Fsp3) is 0.357. The van der Waals surface area contributed by atoms with Crippen LogP contribution >= 0.6 is 0 Å². The highest BCUT2D eigenvalue weighted by Crippen LogP contribution is 2.17. The molecule has 3 heteroatoms. The van der Waals surface area contributed by atoms with E-state index in [1.165, 1.54) is 17.5 Å². The third kappa shape index (κ3) is 3.17. The Bertz CT molecular complexity index is 474. The van der Waals surface area contributed by atoms with E-state index in [-0.39, 0.29) is 0 Å². The van der Waals surface area contributed by atoms with Crippen molar-refractivity contribution < 1.29 is 0 Å². The summed E-state index contributed by atoms with van der Waals surface area (Å²) >= 11 is 0. The van der Waals surface area contributed by atoms with Crippen molar-refractivity contribution >= 4 is 0 Å². The summed E-state index contributed by atoms with van der Waals surface area (Å²) in [6.07, 6.45) is 3.14. The van der Waals surface area contributed by atoms with Gasteiger partial charge in [-0.05, 0) is 30.7 Å². The summed E-state index contributed by atoms with van der Waals surface area (Å²) in [7, 11) is 1.94. The topological polar surface area (TPSA) is 29.9 Å². The van der Waals surface area contributed by atoms with Crippen molar-refractivity contribution in [3.8, 4) is 11.3 Å². The molecule has 0 saturated heterocycles.